The van der Waals surface area contributed by atoms with Crippen molar-refractivity contribution in [3.63, 3.8) is 0 Å². The van der Waals surface area contributed by atoms with Gasteiger partial charge in [-0.25, -0.2) is 4.79 Å². The second-order valence-corrected chi connectivity index (χ2v) is 8.12. The van der Waals surface area contributed by atoms with Gasteiger partial charge in [0.25, 0.3) is 0 Å². The third-order valence-electron chi connectivity index (χ3n) is 5.62. The van der Waals surface area contributed by atoms with E-state index in [0.717, 1.165) is 0 Å². The predicted octanol–water partition coefficient (Wildman–Crippen LogP) is -0.603. The van der Waals surface area contributed by atoms with E-state index in [4.69, 9.17) is 18.6 Å². The minimum Gasteiger partial charge on any atom is -0.502 e. The monoisotopic (exact) mass is 424 g/mol. The number of hydrogen-bond donors (Lipinski definition) is 5. The molecule has 10 heteroatoms. The molecule has 0 saturated carbocycles. The van der Waals surface area contributed by atoms with Crippen LogP contribution in [0.5, 0.6) is 11.5 Å². The van der Waals surface area contributed by atoms with Crippen LogP contribution in [0.25, 0.3) is 11.0 Å². The van der Waals surface area contributed by atoms with Crippen molar-refractivity contribution < 1.29 is 44.2 Å². The zero-order chi connectivity index (χ0) is 21.8. The highest BCUT2D eigenvalue weighted by Crippen LogP contribution is 2.45. The number of ether oxygens (including phenoxy) is 3. The Kier molecular flexibility index (Phi) is 5.25. The Morgan fingerprint density at radius 2 is 1.90 bits per heavy atom. The van der Waals surface area contributed by atoms with Gasteiger partial charge in [0.05, 0.1) is 6.61 Å². The molecule has 1 aromatic carbocycles. The number of hydrogen-bond acceptors (Lipinski definition) is 10. The van der Waals surface area contributed by atoms with Gasteiger partial charge < -0.3 is 44.2 Å². The predicted molar refractivity (Wildman–Crippen MR) is 101 cm³/mol. The number of fused-ring (bicyclic) bond motifs is 2. The van der Waals surface area contributed by atoms with Crippen molar-refractivity contribution in [3.05, 3.63) is 34.2 Å². The van der Waals surface area contributed by atoms with Crippen LogP contribution in [0.2, 0.25) is 0 Å². The van der Waals surface area contributed by atoms with E-state index in [1.807, 2.05) is 0 Å². The summed E-state index contributed by atoms with van der Waals surface area (Å²) in [6, 6.07) is 4.55. The van der Waals surface area contributed by atoms with Crippen molar-refractivity contribution in [3.8, 4) is 11.5 Å². The zero-order valence-corrected chi connectivity index (χ0v) is 16.4. The molecule has 10 nitrogen and oxygen atoms in total. The van der Waals surface area contributed by atoms with Crippen LogP contribution in [0.1, 0.15) is 19.4 Å². The van der Waals surface area contributed by atoms with Crippen molar-refractivity contribution in [2.45, 2.75) is 62.7 Å². The van der Waals surface area contributed by atoms with Gasteiger partial charge in [-0.2, -0.15) is 0 Å². The van der Waals surface area contributed by atoms with Crippen LogP contribution in [0.15, 0.2) is 27.4 Å². The summed E-state index contributed by atoms with van der Waals surface area (Å²) >= 11 is 0. The summed E-state index contributed by atoms with van der Waals surface area (Å²) in [5.74, 6) is -0.112. The van der Waals surface area contributed by atoms with Crippen molar-refractivity contribution in [1.82, 2.24) is 0 Å². The molecule has 0 spiro atoms. The van der Waals surface area contributed by atoms with Gasteiger partial charge in [-0.3, -0.25) is 0 Å². The fraction of sp³-hybridized carbons (Fsp3) is 0.550. The topological polar surface area (TPSA) is 159 Å². The van der Waals surface area contributed by atoms with E-state index in [-0.39, 0.29) is 17.1 Å². The van der Waals surface area contributed by atoms with Crippen LogP contribution < -0.4 is 10.4 Å². The standard InChI is InChI=1S/C20H24O10/c1-20(2,30-19-15(25)14(24)13(23)10(7-21)27-19)11-6-9-5-8-3-4-12(22)29-17(8)16(26)18(9)28-11/h3-5,10-11,13-15,19,21,23-26H,6-7H2,1-2H3. The summed E-state index contributed by atoms with van der Waals surface area (Å²) < 4.78 is 22.3. The molecular weight excluding hydrogens is 400 g/mol. The maximum atomic E-state index is 11.5. The maximum Gasteiger partial charge on any atom is 0.336 e. The van der Waals surface area contributed by atoms with E-state index in [1.54, 1.807) is 26.0 Å². The molecule has 1 fully saturated rings. The van der Waals surface area contributed by atoms with Gasteiger partial charge in [0, 0.05) is 23.4 Å². The van der Waals surface area contributed by atoms with Crippen LogP contribution >= 0.6 is 0 Å². The van der Waals surface area contributed by atoms with Crippen molar-refractivity contribution >= 4 is 11.0 Å². The lowest BCUT2D eigenvalue weighted by atomic mass is 9.95. The molecule has 2 aliphatic rings. The Morgan fingerprint density at radius 1 is 1.17 bits per heavy atom. The van der Waals surface area contributed by atoms with Gasteiger partial charge in [0.1, 0.15) is 36.1 Å². The maximum absolute atomic E-state index is 11.5. The minimum absolute atomic E-state index is 0.0227. The molecule has 0 amide bonds. The van der Waals surface area contributed by atoms with Crippen LogP contribution in [0.4, 0.5) is 0 Å². The number of aromatic hydroxyl groups is 1. The Bertz CT molecular complexity index is 997. The van der Waals surface area contributed by atoms with E-state index in [9.17, 15) is 30.3 Å². The van der Waals surface area contributed by atoms with Crippen LogP contribution in [-0.2, 0) is 15.9 Å². The average Bonchev–Trinajstić information content (AvgIpc) is 3.14. The number of phenols is 1. The number of aliphatic hydroxyl groups excluding tert-OH is 4. The third kappa shape index (κ3) is 3.45. The molecule has 1 saturated heterocycles. The minimum atomic E-state index is -1.56. The number of benzene rings is 1. The molecule has 0 bridgehead atoms. The summed E-state index contributed by atoms with van der Waals surface area (Å²) in [5.41, 5.74) is -0.968. The molecular formula is C20H24O10. The first kappa shape index (κ1) is 21.0. The number of rotatable bonds is 4. The van der Waals surface area contributed by atoms with E-state index >= 15 is 0 Å². The largest absolute Gasteiger partial charge is 0.502 e. The van der Waals surface area contributed by atoms with E-state index in [1.165, 1.54) is 6.07 Å². The molecule has 5 N–H and O–H groups in total. The lowest BCUT2D eigenvalue weighted by Gasteiger charge is -2.43. The highest BCUT2D eigenvalue weighted by Gasteiger charge is 2.48. The van der Waals surface area contributed by atoms with E-state index in [0.29, 0.717) is 17.4 Å². The zero-order valence-electron chi connectivity index (χ0n) is 16.4. The summed E-state index contributed by atoms with van der Waals surface area (Å²) in [4.78, 5) is 11.5. The Labute approximate surface area is 170 Å². The van der Waals surface area contributed by atoms with Gasteiger partial charge in [-0.1, -0.05) is 0 Å². The molecule has 0 radical (unpaired) electrons. The van der Waals surface area contributed by atoms with Gasteiger partial charge in [0.2, 0.25) is 5.75 Å². The molecule has 1 aromatic heterocycles. The molecule has 0 aliphatic carbocycles. The molecule has 2 aromatic rings. The van der Waals surface area contributed by atoms with E-state index in [2.05, 4.69) is 0 Å². The molecule has 2 aliphatic heterocycles. The average molecular weight is 424 g/mol. The van der Waals surface area contributed by atoms with Gasteiger partial charge in [0.15, 0.2) is 17.6 Å². The highest BCUT2D eigenvalue weighted by molar-refractivity contribution is 5.86. The molecule has 3 heterocycles. The fourth-order valence-electron chi connectivity index (χ4n) is 3.83. The van der Waals surface area contributed by atoms with Crippen molar-refractivity contribution in [1.29, 1.82) is 0 Å². The lowest BCUT2D eigenvalue weighted by Crippen LogP contribution is -2.61. The highest BCUT2D eigenvalue weighted by atomic mass is 16.7. The fourth-order valence-corrected chi connectivity index (χ4v) is 3.83. The summed E-state index contributed by atoms with van der Waals surface area (Å²) in [6.07, 6.45) is -7.28. The van der Waals surface area contributed by atoms with E-state index < -0.39 is 54.6 Å². The molecule has 6 unspecified atom stereocenters. The number of aliphatic hydroxyl groups is 4. The Hall–Kier alpha value is -2.21. The SMILES string of the molecule is CC(C)(OC1OC(CO)C(O)C(O)C1O)C1Cc2cc3ccc(=O)oc3c(O)c2O1. The van der Waals surface area contributed by atoms with Gasteiger partial charge in [-0.15, -0.1) is 0 Å². The molecule has 30 heavy (non-hydrogen) atoms. The second-order valence-electron chi connectivity index (χ2n) is 8.12. The first-order valence-electron chi connectivity index (χ1n) is 9.56. The summed E-state index contributed by atoms with van der Waals surface area (Å²) in [7, 11) is 0. The van der Waals surface area contributed by atoms with Crippen LogP contribution in [0.3, 0.4) is 0 Å². The molecule has 6 atom stereocenters. The first-order valence-corrected chi connectivity index (χ1v) is 9.56. The van der Waals surface area contributed by atoms with Crippen molar-refractivity contribution in [2.24, 2.45) is 0 Å². The molecule has 4 rings (SSSR count). The van der Waals surface area contributed by atoms with Crippen molar-refractivity contribution in [2.75, 3.05) is 6.61 Å². The lowest BCUT2D eigenvalue weighted by molar-refractivity contribution is -0.329. The van der Waals surface area contributed by atoms with Crippen LogP contribution in [-0.4, -0.2) is 74.6 Å². The van der Waals surface area contributed by atoms with Gasteiger partial charge >= 0.3 is 5.63 Å². The normalized spacial score (nSPS) is 31.5. The summed E-state index contributed by atoms with van der Waals surface area (Å²) in [5, 5.41) is 50.5. The Balaban J connectivity index is 1.57. The molecule has 164 valence electrons. The quantitative estimate of drug-likeness (QED) is 0.401. The summed E-state index contributed by atoms with van der Waals surface area (Å²) in [6.45, 7) is 2.80. The third-order valence-corrected chi connectivity index (χ3v) is 5.62. The second kappa shape index (κ2) is 7.49. The smallest absolute Gasteiger partial charge is 0.336 e. The van der Waals surface area contributed by atoms with Gasteiger partial charge in [-0.05, 0) is 26.0 Å². The Morgan fingerprint density at radius 3 is 2.60 bits per heavy atom. The van der Waals surface area contributed by atoms with Crippen LogP contribution in [0, 0.1) is 0 Å². The first-order chi connectivity index (χ1) is 14.1. The number of phenolic OH excluding ortho intramolecular Hbond substituents is 1.